The van der Waals surface area contributed by atoms with Gasteiger partial charge in [0.1, 0.15) is 11.6 Å². The van der Waals surface area contributed by atoms with Crippen LogP contribution in [0.1, 0.15) is 11.4 Å². The number of nitrogens with zero attached hydrogens (tertiary/aromatic N) is 2. The molecule has 0 aliphatic carbocycles. The summed E-state index contributed by atoms with van der Waals surface area (Å²) in [5.41, 5.74) is 8.00. The molecule has 0 aliphatic heterocycles. The fraction of sp³-hybridized carbons (Fsp3) is 0.143. The van der Waals surface area contributed by atoms with Crippen molar-refractivity contribution in [3.05, 3.63) is 54.1 Å². The molecule has 0 spiro atoms. The van der Waals surface area contributed by atoms with Crippen LogP contribution >= 0.6 is 0 Å². The van der Waals surface area contributed by atoms with Gasteiger partial charge in [-0.05, 0) is 17.7 Å². The highest BCUT2D eigenvalue weighted by Crippen LogP contribution is 2.17. The molecule has 0 aliphatic rings. The molecule has 3 rings (SSSR count). The van der Waals surface area contributed by atoms with Crippen LogP contribution in [0.4, 0.5) is 5.82 Å². The van der Waals surface area contributed by atoms with E-state index >= 15 is 0 Å². The van der Waals surface area contributed by atoms with Gasteiger partial charge in [-0.25, -0.2) is 9.97 Å². The lowest BCUT2D eigenvalue weighted by atomic mass is 10.2. The van der Waals surface area contributed by atoms with E-state index < -0.39 is 0 Å². The van der Waals surface area contributed by atoms with Gasteiger partial charge in [-0.1, -0.05) is 18.2 Å². The Hall–Kier alpha value is -2.40. The number of benzene rings is 1. The van der Waals surface area contributed by atoms with Crippen LogP contribution in [-0.2, 0) is 13.1 Å². The summed E-state index contributed by atoms with van der Waals surface area (Å²) in [6.45, 7) is 1.37. The van der Waals surface area contributed by atoms with Crippen LogP contribution in [0.25, 0.3) is 10.9 Å². The number of rotatable bonds is 4. The zero-order valence-electron chi connectivity index (χ0n) is 10.4. The lowest BCUT2D eigenvalue weighted by Crippen LogP contribution is -2.15. The Morgan fingerprint density at radius 3 is 2.95 bits per heavy atom. The summed E-state index contributed by atoms with van der Waals surface area (Å²) in [6.07, 6.45) is 3.70. The van der Waals surface area contributed by atoms with Crippen LogP contribution in [0.5, 0.6) is 0 Å². The lowest BCUT2D eigenvalue weighted by molar-refractivity contribution is 0.665. The molecule has 4 N–H and O–H groups in total. The number of hydrogen-bond acceptors (Lipinski definition) is 4. The number of hydrogen-bond donors (Lipinski definition) is 3. The molecule has 0 fully saturated rings. The van der Waals surface area contributed by atoms with E-state index in [4.69, 9.17) is 5.73 Å². The van der Waals surface area contributed by atoms with Crippen LogP contribution in [0.2, 0.25) is 0 Å². The van der Waals surface area contributed by atoms with Gasteiger partial charge in [0.25, 0.3) is 0 Å². The van der Waals surface area contributed by atoms with Crippen molar-refractivity contribution in [1.29, 1.82) is 0 Å². The molecule has 0 saturated carbocycles. The molecule has 0 atom stereocenters. The molecule has 2 aromatic heterocycles. The van der Waals surface area contributed by atoms with E-state index in [1.165, 1.54) is 10.9 Å². The van der Waals surface area contributed by atoms with E-state index in [2.05, 4.69) is 32.4 Å². The molecule has 0 unspecified atom stereocenters. The van der Waals surface area contributed by atoms with Crippen molar-refractivity contribution in [2.24, 2.45) is 0 Å². The summed E-state index contributed by atoms with van der Waals surface area (Å²) in [4.78, 5) is 11.6. The Morgan fingerprint density at radius 1 is 1.16 bits per heavy atom. The molecular formula is C14H15N5. The number of nitrogens with two attached hydrogens (primary N) is 1. The monoisotopic (exact) mass is 253 g/mol. The Balaban J connectivity index is 1.66. The number of anilines is 1. The minimum Gasteiger partial charge on any atom is -0.384 e. The van der Waals surface area contributed by atoms with Crippen LogP contribution < -0.4 is 11.1 Å². The highest BCUT2D eigenvalue weighted by atomic mass is 15.0. The SMILES string of the molecule is Nc1ccnc(CNCc2c[nH]c3ccccc23)n1. The molecule has 96 valence electrons. The zero-order chi connectivity index (χ0) is 13.1. The molecule has 5 heteroatoms. The van der Waals surface area contributed by atoms with E-state index in [1.54, 1.807) is 12.3 Å². The van der Waals surface area contributed by atoms with Crippen molar-refractivity contribution < 1.29 is 0 Å². The first-order chi connectivity index (χ1) is 9.33. The minimum atomic E-state index is 0.499. The predicted molar refractivity (Wildman–Crippen MR) is 75.3 cm³/mol. The molecular weight excluding hydrogens is 238 g/mol. The maximum atomic E-state index is 5.62. The normalized spacial score (nSPS) is 10.9. The van der Waals surface area contributed by atoms with Gasteiger partial charge in [0.2, 0.25) is 0 Å². The molecule has 0 bridgehead atoms. The van der Waals surface area contributed by atoms with Crippen molar-refractivity contribution in [3.8, 4) is 0 Å². The maximum Gasteiger partial charge on any atom is 0.144 e. The molecule has 5 nitrogen and oxygen atoms in total. The number of nitrogen functional groups attached to an aromatic ring is 1. The number of aromatic amines is 1. The fourth-order valence-corrected chi connectivity index (χ4v) is 2.09. The topological polar surface area (TPSA) is 79.6 Å². The Morgan fingerprint density at radius 2 is 2.05 bits per heavy atom. The lowest BCUT2D eigenvalue weighted by Gasteiger charge is -2.03. The predicted octanol–water partition coefficient (Wildman–Crippen LogP) is 1.83. The van der Waals surface area contributed by atoms with Gasteiger partial charge in [0, 0.05) is 29.8 Å². The largest absolute Gasteiger partial charge is 0.384 e. The fourth-order valence-electron chi connectivity index (χ4n) is 2.09. The van der Waals surface area contributed by atoms with E-state index in [1.807, 2.05) is 18.3 Å². The van der Waals surface area contributed by atoms with Crippen molar-refractivity contribution >= 4 is 16.7 Å². The summed E-state index contributed by atoms with van der Waals surface area (Å²) in [7, 11) is 0. The standard InChI is InChI=1S/C14H15N5/c15-13-5-6-17-14(19-13)9-16-7-10-8-18-12-4-2-1-3-11(10)12/h1-6,8,16,18H,7,9H2,(H2,15,17,19). The van der Waals surface area contributed by atoms with Gasteiger partial charge in [-0.3, -0.25) is 0 Å². The molecule has 0 radical (unpaired) electrons. The molecule has 2 heterocycles. The highest BCUT2D eigenvalue weighted by molar-refractivity contribution is 5.82. The van der Waals surface area contributed by atoms with Gasteiger partial charge in [-0.2, -0.15) is 0 Å². The number of fused-ring (bicyclic) bond motifs is 1. The smallest absolute Gasteiger partial charge is 0.144 e. The summed E-state index contributed by atoms with van der Waals surface area (Å²) < 4.78 is 0. The second-order valence-electron chi connectivity index (χ2n) is 4.36. The second-order valence-corrected chi connectivity index (χ2v) is 4.36. The number of H-pyrrole nitrogens is 1. The second kappa shape index (κ2) is 5.07. The summed E-state index contributed by atoms with van der Waals surface area (Å²) >= 11 is 0. The van der Waals surface area contributed by atoms with E-state index in [0.29, 0.717) is 18.2 Å². The first-order valence-corrected chi connectivity index (χ1v) is 6.16. The van der Waals surface area contributed by atoms with Gasteiger partial charge in [0.05, 0.1) is 6.54 Å². The van der Waals surface area contributed by atoms with Crippen LogP contribution in [-0.4, -0.2) is 15.0 Å². The highest BCUT2D eigenvalue weighted by Gasteiger charge is 2.03. The van der Waals surface area contributed by atoms with E-state index in [-0.39, 0.29) is 0 Å². The molecule has 0 saturated heterocycles. The average Bonchev–Trinajstić information content (AvgIpc) is 2.83. The zero-order valence-corrected chi connectivity index (χ0v) is 10.4. The molecule has 19 heavy (non-hydrogen) atoms. The van der Waals surface area contributed by atoms with Gasteiger partial charge >= 0.3 is 0 Å². The van der Waals surface area contributed by atoms with Crippen LogP contribution in [0, 0.1) is 0 Å². The van der Waals surface area contributed by atoms with Gasteiger partial charge in [-0.15, -0.1) is 0 Å². The minimum absolute atomic E-state index is 0.499. The molecule has 3 aromatic rings. The number of nitrogens with one attached hydrogen (secondary N) is 2. The molecule has 1 aromatic carbocycles. The maximum absolute atomic E-state index is 5.62. The van der Waals surface area contributed by atoms with Gasteiger partial charge in [0.15, 0.2) is 0 Å². The third-order valence-corrected chi connectivity index (χ3v) is 3.00. The Kier molecular flexibility index (Phi) is 3.12. The molecule has 0 amide bonds. The Bertz CT molecular complexity index is 689. The number of para-hydroxylation sites is 1. The Labute approximate surface area is 110 Å². The summed E-state index contributed by atoms with van der Waals surface area (Å²) in [5.74, 6) is 1.21. The first-order valence-electron chi connectivity index (χ1n) is 6.16. The van der Waals surface area contributed by atoms with Crippen LogP contribution in [0.3, 0.4) is 0 Å². The summed E-state index contributed by atoms with van der Waals surface area (Å²) in [5, 5.41) is 4.56. The average molecular weight is 253 g/mol. The number of aromatic nitrogens is 3. The third-order valence-electron chi connectivity index (χ3n) is 3.00. The third kappa shape index (κ3) is 2.56. The van der Waals surface area contributed by atoms with Crippen molar-refractivity contribution in [3.63, 3.8) is 0 Å². The quantitative estimate of drug-likeness (QED) is 0.662. The van der Waals surface area contributed by atoms with E-state index in [0.717, 1.165) is 12.1 Å². The summed E-state index contributed by atoms with van der Waals surface area (Å²) in [6, 6.07) is 9.93. The van der Waals surface area contributed by atoms with E-state index in [9.17, 15) is 0 Å². The first kappa shape index (κ1) is 11.7. The van der Waals surface area contributed by atoms with Crippen LogP contribution in [0.15, 0.2) is 42.7 Å². The van der Waals surface area contributed by atoms with Gasteiger partial charge < -0.3 is 16.0 Å². The van der Waals surface area contributed by atoms with Crippen molar-refractivity contribution in [2.75, 3.05) is 5.73 Å². The van der Waals surface area contributed by atoms with Crippen molar-refractivity contribution in [1.82, 2.24) is 20.3 Å². The van der Waals surface area contributed by atoms with Crippen molar-refractivity contribution in [2.45, 2.75) is 13.1 Å².